The minimum atomic E-state index is -0.194. The lowest BCUT2D eigenvalue weighted by Crippen LogP contribution is -2.38. The van der Waals surface area contributed by atoms with Gasteiger partial charge in [0.2, 0.25) is 5.91 Å². The monoisotopic (exact) mass is 369 g/mol. The Morgan fingerprint density at radius 2 is 2.08 bits per heavy atom. The Bertz CT molecular complexity index is 836. The summed E-state index contributed by atoms with van der Waals surface area (Å²) < 4.78 is 0. The van der Waals surface area contributed by atoms with E-state index >= 15 is 0 Å². The van der Waals surface area contributed by atoms with Crippen LogP contribution in [-0.4, -0.2) is 29.6 Å². The summed E-state index contributed by atoms with van der Waals surface area (Å²) in [5, 5.41) is 3.64. The van der Waals surface area contributed by atoms with Crippen LogP contribution >= 0.6 is 11.8 Å². The molecule has 0 aliphatic carbocycles. The van der Waals surface area contributed by atoms with E-state index in [2.05, 4.69) is 10.3 Å². The van der Waals surface area contributed by atoms with Crippen LogP contribution < -0.4 is 10.2 Å². The molecule has 1 N–H and O–H groups in total. The van der Waals surface area contributed by atoms with Gasteiger partial charge < -0.3 is 10.2 Å². The molecule has 2 aromatic rings. The molecule has 26 heavy (non-hydrogen) atoms. The maximum absolute atomic E-state index is 12.6. The first-order valence-electron chi connectivity index (χ1n) is 8.76. The van der Waals surface area contributed by atoms with Gasteiger partial charge in [-0.1, -0.05) is 19.9 Å². The molecule has 1 aliphatic heterocycles. The number of benzene rings is 1. The molecular formula is C20H23N3O2S. The third-order valence-electron chi connectivity index (χ3n) is 4.43. The highest BCUT2D eigenvalue weighted by atomic mass is 32.2. The van der Waals surface area contributed by atoms with E-state index in [-0.39, 0.29) is 17.7 Å². The molecule has 1 aromatic carbocycles. The summed E-state index contributed by atoms with van der Waals surface area (Å²) in [5.74, 6) is -0.134. The lowest BCUT2D eigenvalue weighted by molar-refractivity contribution is -0.121. The van der Waals surface area contributed by atoms with Crippen molar-refractivity contribution < 1.29 is 9.59 Å². The SMILES string of the molecule is CSc1ncccc1C(=O)Nc1ccc2c(c1)N(C(=O)C(C)C)CCC2. The van der Waals surface area contributed by atoms with Gasteiger partial charge in [-0.15, -0.1) is 11.8 Å². The molecule has 2 heterocycles. The van der Waals surface area contributed by atoms with Crippen LogP contribution in [0.3, 0.4) is 0 Å². The zero-order valence-electron chi connectivity index (χ0n) is 15.3. The van der Waals surface area contributed by atoms with Crippen LogP contribution in [0.25, 0.3) is 0 Å². The minimum Gasteiger partial charge on any atom is -0.322 e. The number of carbonyl (C=O) groups excluding carboxylic acids is 2. The molecule has 0 unspecified atom stereocenters. The van der Waals surface area contributed by atoms with Crippen LogP contribution in [0.5, 0.6) is 0 Å². The number of aryl methyl sites for hydroxylation is 1. The van der Waals surface area contributed by atoms with Crippen LogP contribution in [-0.2, 0) is 11.2 Å². The first kappa shape index (κ1) is 18.5. The average molecular weight is 369 g/mol. The fraction of sp³-hybridized carbons (Fsp3) is 0.350. The second-order valence-electron chi connectivity index (χ2n) is 6.61. The quantitative estimate of drug-likeness (QED) is 0.828. The Labute approximate surface area is 158 Å². The molecule has 0 saturated heterocycles. The fourth-order valence-corrected chi connectivity index (χ4v) is 3.66. The van der Waals surface area contributed by atoms with Crippen LogP contribution in [0.2, 0.25) is 0 Å². The molecule has 0 fully saturated rings. The highest BCUT2D eigenvalue weighted by Gasteiger charge is 2.25. The maximum Gasteiger partial charge on any atom is 0.258 e. The third-order valence-corrected chi connectivity index (χ3v) is 5.14. The number of amides is 2. The topological polar surface area (TPSA) is 62.3 Å². The van der Waals surface area contributed by atoms with Crippen molar-refractivity contribution in [3.63, 3.8) is 0 Å². The minimum absolute atomic E-state index is 0.0567. The van der Waals surface area contributed by atoms with Crippen molar-refractivity contribution in [2.75, 3.05) is 23.0 Å². The van der Waals surface area contributed by atoms with Crippen molar-refractivity contribution in [2.24, 2.45) is 5.92 Å². The van der Waals surface area contributed by atoms with Gasteiger partial charge in [0.15, 0.2) is 0 Å². The van der Waals surface area contributed by atoms with Crippen LogP contribution in [0.1, 0.15) is 36.2 Å². The largest absolute Gasteiger partial charge is 0.322 e. The molecule has 2 amide bonds. The van der Waals surface area contributed by atoms with Crippen molar-refractivity contribution in [1.82, 2.24) is 4.98 Å². The Morgan fingerprint density at radius 3 is 2.81 bits per heavy atom. The highest BCUT2D eigenvalue weighted by molar-refractivity contribution is 7.98. The number of carbonyl (C=O) groups is 2. The summed E-state index contributed by atoms with van der Waals surface area (Å²) in [5.41, 5.74) is 3.29. The van der Waals surface area contributed by atoms with Gasteiger partial charge in [0.1, 0.15) is 5.03 Å². The molecule has 3 rings (SSSR count). The van der Waals surface area contributed by atoms with Gasteiger partial charge in [0.25, 0.3) is 5.91 Å². The summed E-state index contributed by atoms with van der Waals surface area (Å²) in [4.78, 5) is 31.2. The summed E-state index contributed by atoms with van der Waals surface area (Å²) in [7, 11) is 0. The molecular weight excluding hydrogens is 346 g/mol. The summed E-state index contributed by atoms with van der Waals surface area (Å²) in [6.45, 7) is 4.55. The van der Waals surface area contributed by atoms with Gasteiger partial charge in [-0.2, -0.15) is 0 Å². The van der Waals surface area contributed by atoms with Crippen molar-refractivity contribution in [1.29, 1.82) is 0 Å². The number of fused-ring (bicyclic) bond motifs is 1. The number of hydrogen-bond donors (Lipinski definition) is 1. The van der Waals surface area contributed by atoms with E-state index in [1.165, 1.54) is 11.8 Å². The van der Waals surface area contributed by atoms with E-state index in [9.17, 15) is 9.59 Å². The molecule has 1 aliphatic rings. The molecule has 6 heteroatoms. The molecule has 0 bridgehead atoms. The van der Waals surface area contributed by atoms with E-state index in [0.29, 0.717) is 16.3 Å². The van der Waals surface area contributed by atoms with Crippen molar-refractivity contribution in [2.45, 2.75) is 31.7 Å². The fourth-order valence-electron chi connectivity index (χ4n) is 3.12. The van der Waals surface area contributed by atoms with Gasteiger partial charge in [-0.05, 0) is 48.9 Å². The zero-order valence-corrected chi connectivity index (χ0v) is 16.1. The van der Waals surface area contributed by atoms with E-state index < -0.39 is 0 Å². The second-order valence-corrected chi connectivity index (χ2v) is 7.40. The molecule has 5 nitrogen and oxygen atoms in total. The van der Waals surface area contributed by atoms with E-state index in [1.54, 1.807) is 18.3 Å². The van der Waals surface area contributed by atoms with Gasteiger partial charge in [0.05, 0.1) is 5.56 Å². The Kier molecular flexibility index (Phi) is 5.61. The predicted octanol–water partition coefficient (Wildman–Crippen LogP) is 3.99. The van der Waals surface area contributed by atoms with Gasteiger partial charge in [-0.3, -0.25) is 9.59 Å². The lowest BCUT2D eigenvalue weighted by atomic mass is 9.99. The summed E-state index contributed by atoms with van der Waals surface area (Å²) in [6, 6.07) is 9.33. The molecule has 0 saturated carbocycles. The van der Waals surface area contributed by atoms with E-state index in [4.69, 9.17) is 0 Å². The number of hydrogen-bond acceptors (Lipinski definition) is 4. The van der Waals surface area contributed by atoms with E-state index in [0.717, 1.165) is 30.6 Å². The van der Waals surface area contributed by atoms with Gasteiger partial charge >= 0.3 is 0 Å². The second kappa shape index (κ2) is 7.91. The summed E-state index contributed by atoms with van der Waals surface area (Å²) >= 11 is 1.44. The Morgan fingerprint density at radius 1 is 1.27 bits per heavy atom. The zero-order chi connectivity index (χ0) is 18.7. The number of nitrogens with zero attached hydrogens (tertiary/aromatic N) is 2. The third kappa shape index (κ3) is 3.75. The molecule has 0 radical (unpaired) electrons. The Hall–Kier alpha value is -2.34. The predicted molar refractivity (Wildman–Crippen MR) is 106 cm³/mol. The average Bonchev–Trinajstić information content (AvgIpc) is 2.66. The smallest absolute Gasteiger partial charge is 0.258 e. The van der Waals surface area contributed by atoms with Crippen molar-refractivity contribution in [3.8, 4) is 0 Å². The molecule has 136 valence electrons. The standard InChI is InChI=1S/C20H23N3O2S/c1-13(2)20(25)23-11-5-6-14-8-9-15(12-17(14)23)22-18(24)16-7-4-10-21-19(16)26-3/h4,7-10,12-13H,5-6,11H2,1-3H3,(H,22,24). The number of thioether (sulfide) groups is 1. The highest BCUT2D eigenvalue weighted by Crippen LogP contribution is 2.31. The Balaban J connectivity index is 1.87. The molecule has 0 spiro atoms. The number of nitrogens with one attached hydrogen (secondary N) is 1. The van der Waals surface area contributed by atoms with Gasteiger partial charge in [0, 0.05) is 30.0 Å². The normalized spacial score (nSPS) is 13.5. The number of aromatic nitrogens is 1. The lowest BCUT2D eigenvalue weighted by Gasteiger charge is -2.31. The molecule has 0 atom stereocenters. The van der Waals surface area contributed by atoms with Gasteiger partial charge in [-0.25, -0.2) is 4.98 Å². The van der Waals surface area contributed by atoms with Crippen molar-refractivity contribution in [3.05, 3.63) is 47.7 Å². The van der Waals surface area contributed by atoms with Crippen LogP contribution in [0, 0.1) is 5.92 Å². The number of anilines is 2. The van der Waals surface area contributed by atoms with Crippen molar-refractivity contribution >= 4 is 35.0 Å². The van der Waals surface area contributed by atoms with Crippen LogP contribution in [0.4, 0.5) is 11.4 Å². The molecule has 1 aromatic heterocycles. The number of rotatable bonds is 4. The maximum atomic E-state index is 12.6. The van der Waals surface area contributed by atoms with Crippen LogP contribution in [0.15, 0.2) is 41.6 Å². The number of pyridine rings is 1. The van der Waals surface area contributed by atoms with E-state index in [1.807, 2.05) is 43.2 Å². The first-order valence-corrected chi connectivity index (χ1v) is 9.98. The summed E-state index contributed by atoms with van der Waals surface area (Å²) in [6.07, 6.45) is 5.49. The first-order chi connectivity index (χ1) is 12.5.